The smallest absolute Gasteiger partial charge is 0.0233 e. The molecule has 0 spiro atoms. The van der Waals surface area contributed by atoms with Gasteiger partial charge in [-0.05, 0) is 30.2 Å². The lowest BCUT2D eigenvalue weighted by atomic mass is 9.98. The number of hydrogen-bond acceptors (Lipinski definition) is 2. The second kappa shape index (κ2) is 4.19. The van der Waals surface area contributed by atoms with Crippen molar-refractivity contribution in [3.05, 3.63) is 35.9 Å². The molecule has 3 atom stereocenters. The molecule has 2 aliphatic rings. The van der Waals surface area contributed by atoms with E-state index in [1.54, 1.807) is 0 Å². The number of nitrogens with two attached hydrogens (primary N) is 1. The zero-order valence-electron chi connectivity index (χ0n) is 9.68. The van der Waals surface area contributed by atoms with E-state index in [0.29, 0.717) is 6.04 Å². The fourth-order valence-corrected chi connectivity index (χ4v) is 3.37. The lowest BCUT2D eigenvalue weighted by molar-refractivity contribution is 0.298. The maximum absolute atomic E-state index is 6.15. The lowest BCUT2D eigenvalue weighted by Crippen LogP contribution is -2.30. The van der Waals surface area contributed by atoms with E-state index in [-0.39, 0.29) is 0 Å². The van der Waals surface area contributed by atoms with Crippen LogP contribution in [0.15, 0.2) is 30.3 Å². The van der Waals surface area contributed by atoms with E-state index in [2.05, 4.69) is 35.2 Å². The van der Waals surface area contributed by atoms with Gasteiger partial charge >= 0.3 is 0 Å². The monoisotopic (exact) mass is 216 g/mol. The molecular weight excluding hydrogens is 196 g/mol. The predicted molar refractivity (Wildman–Crippen MR) is 65.9 cm³/mol. The van der Waals surface area contributed by atoms with Crippen LogP contribution in [0.25, 0.3) is 0 Å². The van der Waals surface area contributed by atoms with Crippen molar-refractivity contribution in [3.8, 4) is 0 Å². The van der Waals surface area contributed by atoms with Crippen molar-refractivity contribution < 1.29 is 0 Å². The molecule has 2 fully saturated rings. The van der Waals surface area contributed by atoms with Crippen LogP contribution in [-0.4, -0.2) is 24.0 Å². The van der Waals surface area contributed by atoms with Gasteiger partial charge in [-0.25, -0.2) is 0 Å². The van der Waals surface area contributed by atoms with Gasteiger partial charge in [0.05, 0.1) is 0 Å². The number of likely N-dealkylation sites (tertiary alicyclic amines) is 1. The maximum Gasteiger partial charge on any atom is 0.0233 e. The third kappa shape index (κ3) is 1.87. The summed E-state index contributed by atoms with van der Waals surface area (Å²) in [4.78, 5) is 2.57. The van der Waals surface area contributed by atoms with Crippen LogP contribution in [0.4, 0.5) is 0 Å². The van der Waals surface area contributed by atoms with Gasteiger partial charge in [0.2, 0.25) is 0 Å². The van der Waals surface area contributed by atoms with Gasteiger partial charge in [-0.3, -0.25) is 4.90 Å². The van der Waals surface area contributed by atoms with Crippen LogP contribution in [0.5, 0.6) is 0 Å². The Morgan fingerprint density at radius 3 is 2.69 bits per heavy atom. The summed E-state index contributed by atoms with van der Waals surface area (Å²) in [5.41, 5.74) is 7.58. The number of nitrogens with zero attached hydrogens (tertiary/aromatic N) is 1. The first-order valence-electron chi connectivity index (χ1n) is 6.35. The molecule has 1 saturated heterocycles. The number of fused-ring (bicyclic) bond motifs is 1. The number of hydrogen-bond donors (Lipinski definition) is 1. The molecule has 1 aliphatic heterocycles. The first kappa shape index (κ1) is 10.3. The normalized spacial score (nSPS) is 34.2. The maximum atomic E-state index is 6.15. The Balaban J connectivity index is 1.63. The van der Waals surface area contributed by atoms with Crippen molar-refractivity contribution in [1.82, 2.24) is 4.90 Å². The van der Waals surface area contributed by atoms with Crippen molar-refractivity contribution in [1.29, 1.82) is 0 Å². The summed E-state index contributed by atoms with van der Waals surface area (Å²) >= 11 is 0. The van der Waals surface area contributed by atoms with Gasteiger partial charge < -0.3 is 5.73 Å². The zero-order chi connectivity index (χ0) is 11.0. The fraction of sp³-hybridized carbons (Fsp3) is 0.571. The molecular formula is C14H20N2. The van der Waals surface area contributed by atoms with Crippen LogP contribution in [0.3, 0.4) is 0 Å². The van der Waals surface area contributed by atoms with Crippen molar-refractivity contribution in [2.45, 2.75) is 25.4 Å². The Morgan fingerprint density at radius 1 is 1.12 bits per heavy atom. The summed E-state index contributed by atoms with van der Waals surface area (Å²) in [5, 5.41) is 0. The topological polar surface area (TPSA) is 29.3 Å². The van der Waals surface area contributed by atoms with Crippen LogP contribution in [0.2, 0.25) is 0 Å². The van der Waals surface area contributed by atoms with Crippen LogP contribution in [0.1, 0.15) is 18.4 Å². The van der Waals surface area contributed by atoms with Crippen LogP contribution < -0.4 is 5.73 Å². The summed E-state index contributed by atoms with van der Waals surface area (Å²) < 4.78 is 0. The molecule has 86 valence electrons. The molecule has 2 unspecified atom stereocenters. The standard InChI is InChI=1S/C14H20N2/c15-14-7-6-12-9-16(10-13(12)14)8-11-4-2-1-3-5-11/h1-5,12-14H,6-10,15H2/t12?,13-,14?/m1/s1. The molecule has 1 aromatic carbocycles. The average Bonchev–Trinajstić information content (AvgIpc) is 2.83. The van der Waals surface area contributed by atoms with Crippen molar-refractivity contribution in [2.24, 2.45) is 17.6 Å². The molecule has 1 aliphatic carbocycles. The third-order valence-corrected chi connectivity index (χ3v) is 4.24. The van der Waals surface area contributed by atoms with Gasteiger partial charge in [-0.15, -0.1) is 0 Å². The molecule has 0 amide bonds. The minimum atomic E-state index is 0.464. The van der Waals surface area contributed by atoms with Crippen molar-refractivity contribution in [2.75, 3.05) is 13.1 Å². The fourth-order valence-electron chi connectivity index (χ4n) is 3.37. The lowest BCUT2D eigenvalue weighted by Gasteiger charge is -2.18. The van der Waals surface area contributed by atoms with Gasteiger partial charge in [-0.1, -0.05) is 30.3 Å². The Labute approximate surface area is 97.4 Å². The molecule has 0 aromatic heterocycles. The molecule has 1 heterocycles. The summed E-state index contributed by atoms with van der Waals surface area (Å²) in [7, 11) is 0. The van der Waals surface area contributed by atoms with Gasteiger partial charge in [0.1, 0.15) is 0 Å². The molecule has 2 N–H and O–H groups in total. The molecule has 0 radical (unpaired) electrons. The highest BCUT2D eigenvalue weighted by Gasteiger charge is 2.40. The Bertz CT molecular complexity index is 349. The third-order valence-electron chi connectivity index (χ3n) is 4.24. The van der Waals surface area contributed by atoms with Crippen LogP contribution >= 0.6 is 0 Å². The highest BCUT2D eigenvalue weighted by Crippen LogP contribution is 2.37. The number of rotatable bonds is 2. The number of benzene rings is 1. The average molecular weight is 216 g/mol. The first-order valence-corrected chi connectivity index (χ1v) is 6.35. The summed E-state index contributed by atoms with van der Waals surface area (Å²) in [5.74, 6) is 1.64. The molecule has 16 heavy (non-hydrogen) atoms. The predicted octanol–water partition coefficient (Wildman–Crippen LogP) is 1.86. The molecule has 1 saturated carbocycles. The minimum Gasteiger partial charge on any atom is -0.327 e. The molecule has 2 heteroatoms. The Kier molecular flexibility index (Phi) is 2.70. The highest BCUT2D eigenvalue weighted by atomic mass is 15.2. The van der Waals surface area contributed by atoms with Gasteiger partial charge in [-0.2, -0.15) is 0 Å². The van der Waals surface area contributed by atoms with Crippen molar-refractivity contribution >= 4 is 0 Å². The van der Waals surface area contributed by atoms with E-state index < -0.39 is 0 Å². The molecule has 0 bridgehead atoms. The summed E-state index contributed by atoms with van der Waals surface area (Å²) in [6.45, 7) is 3.56. The largest absolute Gasteiger partial charge is 0.327 e. The van der Waals surface area contributed by atoms with E-state index in [1.165, 1.54) is 31.5 Å². The second-order valence-electron chi connectivity index (χ2n) is 5.34. The molecule has 3 rings (SSSR count). The zero-order valence-corrected chi connectivity index (χ0v) is 9.68. The van der Waals surface area contributed by atoms with E-state index in [0.717, 1.165) is 18.4 Å². The van der Waals surface area contributed by atoms with E-state index in [9.17, 15) is 0 Å². The van der Waals surface area contributed by atoms with E-state index in [1.807, 2.05) is 0 Å². The van der Waals surface area contributed by atoms with Gasteiger partial charge in [0.25, 0.3) is 0 Å². The van der Waals surface area contributed by atoms with E-state index >= 15 is 0 Å². The quantitative estimate of drug-likeness (QED) is 0.817. The van der Waals surface area contributed by atoms with Gasteiger partial charge in [0, 0.05) is 25.7 Å². The second-order valence-corrected chi connectivity index (χ2v) is 5.34. The van der Waals surface area contributed by atoms with Crippen LogP contribution in [0, 0.1) is 11.8 Å². The Morgan fingerprint density at radius 2 is 1.94 bits per heavy atom. The molecule has 2 nitrogen and oxygen atoms in total. The first-order chi connectivity index (χ1) is 7.83. The Hall–Kier alpha value is -0.860. The summed E-state index contributed by atoms with van der Waals surface area (Å²) in [6.07, 6.45) is 2.59. The van der Waals surface area contributed by atoms with Gasteiger partial charge in [0.15, 0.2) is 0 Å². The van der Waals surface area contributed by atoms with Crippen molar-refractivity contribution in [3.63, 3.8) is 0 Å². The SMILES string of the molecule is NC1CCC2CN(Cc3ccccc3)C[C@@H]12. The molecule has 1 aromatic rings. The highest BCUT2D eigenvalue weighted by molar-refractivity contribution is 5.15. The minimum absolute atomic E-state index is 0.464. The summed E-state index contributed by atoms with van der Waals surface area (Å²) in [6, 6.07) is 11.2. The van der Waals surface area contributed by atoms with Crippen LogP contribution in [-0.2, 0) is 6.54 Å². The van der Waals surface area contributed by atoms with E-state index in [4.69, 9.17) is 5.73 Å².